The zero-order chi connectivity index (χ0) is 26.0. The Balaban J connectivity index is 1.65. The molecular weight excluding hydrogens is 481 g/mol. The number of nitrogens with zero attached hydrogens (tertiary/aromatic N) is 2. The van der Waals surface area contributed by atoms with E-state index < -0.39 is 25.7 Å². The molecule has 2 unspecified atom stereocenters. The van der Waals surface area contributed by atoms with E-state index in [1.165, 1.54) is 20.3 Å². The van der Waals surface area contributed by atoms with E-state index in [0.29, 0.717) is 46.8 Å². The summed E-state index contributed by atoms with van der Waals surface area (Å²) < 4.78 is 32.9. The van der Waals surface area contributed by atoms with Crippen LogP contribution in [0, 0.1) is 17.7 Å². The first-order valence-corrected chi connectivity index (χ1v) is 15.6. The summed E-state index contributed by atoms with van der Waals surface area (Å²) in [4.78, 5) is 29.0. The minimum atomic E-state index is -1.26. The van der Waals surface area contributed by atoms with Gasteiger partial charge in [-0.1, -0.05) is 25.7 Å². The van der Waals surface area contributed by atoms with Crippen LogP contribution in [0.5, 0.6) is 5.75 Å². The molecule has 0 bridgehead atoms. The lowest BCUT2D eigenvalue weighted by atomic mass is 10.0. The monoisotopic (exact) mass is 513 g/mol. The lowest BCUT2D eigenvalue weighted by Crippen LogP contribution is -2.22. The number of pyridine rings is 1. The lowest BCUT2D eigenvalue weighted by Gasteiger charge is -2.15. The smallest absolute Gasteiger partial charge is 0.309 e. The van der Waals surface area contributed by atoms with Crippen molar-refractivity contribution in [3.8, 4) is 16.9 Å². The van der Waals surface area contributed by atoms with E-state index in [1.807, 2.05) is 4.57 Å². The van der Waals surface area contributed by atoms with Crippen molar-refractivity contribution >= 4 is 36.8 Å². The van der Waals surface area contributed by atoms with Gasteiger partial charge in [0.15, 0.2) is 0 Å². The second-order valence-electron chi connectivity index (χ2n) is 10.2. The standard InChI is InChI=1S/C26H32FN3O5Si/c1-33-21-8-6-7-20(27)23(21)19-14-30(15-35-11-12-36(3,4)5)24-16(19)9-10-22(28-24)29-25(31)17-13-18(17)26(32)34-2/h6-10,14,17-18H,11-13,15H2,1-5H3,(H,28,29,31). The van der Waals surface area contributed by atoms with Crippen LogP contribution in [0.1, 0.15) is 6.42 Å². The van der Waals surface area contributed by atoms with Gasteiger partial charge in [0.1, 0.15) is 29.8 Å². The van der Waals surface area contributed by atoms with Crippen molar-refractivity contribution in [3.05, 3.63) is 42.3 Å². The third-order valence-corrected chi connectivity index (χ3v) is 8.00. The lowest BCUT2D eigenvalue weighted by molar-refractivity contribution is -0.143. The van der Waals surface area contributed by atoms with E-state index in [1.54, 1.807) is 30.5 Å². The summed E-state index contributed by atoms with van der Waals surface area (Å²) in [5, 5.41) is 3.50. The van der Waals surface area contributed by atoms with Gasteiger partial charge in [0.05, 0.1) is 31.6 Å². The molecule has 0 saturated heterocycles. The van der Waals surface area contributed by atoms with E-state index >= 15 is 0 Å². The number of esters is 1. The fourth-order valence-corrected chi connectivity index (χ4v) is 4.88. The van der Waals surface area contributed by atoms with Crippen LogP contribution in [0.4, 0.5) is 10.2 Å². The predicted octanol–water partition coefficient (Wildman–Crippen LogP) is 4.91. The average Bonchev–Trinajstić information content (AvgIpc) is 3.57. The second kappa shape index (κ2) is 10.4. The highest BCUT2D eigenvalue weighted by atomic mass is 28.3. The molecule has 1 N–H and O–H groups in total. The van der Waals surface area contributed by atoms with Gasteiger partial charge < -0.3 is 24.1 Å². The Bertz CT molecular complexity index is 1290. The molecule has 2 aromatic heterocycles. The van der Waals surface area contributed by atoms with Gasteiger partial charge in [-0.25, -0.2) is 9.37 Å². The highest BCUT2D eigenvalue weighted by Crippen LogP contribution is 2.41. The van der Waals surface area contributed by atoms with Crippen LogP contribution in [0.15, 0.2) is 36.5 Å². The van der Waals surface area contributed by atoms with Crippen molar-refractivity contribution in [1.82, 2.24) is 9.55 Å². The molecule has 3 aromatic rings. The normalized spacial score (nSPS) is 17.2. The number of ether oxygens (including phenoxy) is 3. The minimum absolute atomic E-state index is 0.231. The van der Waals surface area contributed by atoms with E-state index in [-0.39, 0.29) is 18.6 Å². The molecule has 0 spiro atoms. The number of anilines is 1. The average molecular weight is 514 g/mol. The molecule has 1 aliphatic rings. The molecular formula is C26H32FN3O5Si. The topological polar surface area (TPSA) is 91.7 Å². The van der Waals surface area contributed by atoms with Gasteiger partial charge >= 0.3 is 5.97 Å². The molecule has 192 valence electrons. The van der Waals surface area contributed by atoms with Crippen LogP contribution in [0.3, 0.4) is 0 Å². The van der Waals surface area contributed by atoms with Crippen LogP contribution in [0.2, 0.25) is 25.7 Å². The Hall–Kier alpha value is -3.24. The van der Waals surface area contributed by atoms with Gasteiger partial charge in [-0.2, -0.15) is 0 Å². The van der Waals surface area contributed by atoms with E-state index in [4.69, 9.17) is 14.2 Å². The molecule has 1 aliphatic carbocycles. The molecule has 10 heteroatoms. The first-order chi connectivity index (χ1) is 17.1. The van der Waals surface area contributed by atoms with Gasteiger partial charge in [0.25, 0.3) is 0 Å². The van der Waals surface area contributed by atoms with Crippen LogP contribution in [0.25, 0.3) is 22.2 Å². The minimum Gasteiger partial charge on any atom is -0.496 e. The van der Waals surface area contributed by atoms with E-state index in [0.717, 1.165) is 6.04 Å². The largest absolute Gasteiger partial charge is 0.496 e. The zero-order valence-corrected chi connectivity index (χ0v) is 22.3. The zero-order valence-electron chi connectivity index (χ0n) is 21.3. The van der Waals surface area contributed by atoms with Crippen molar-refractivity contribution < 1.29 is 28.2 Å². The number of carbonyl (C=O) groups is 2. The number of benzene rings is 1. The first-order valence-electron chi connectivity index (χ1n) is 11.9. The molecule has 1 amide bonds. The summed E-state index contributed by atoms with van der Waals surface area (Å²) in [5.74, 6) is -1.16. The molecule has 1 aromatic carbocycles. The molecule has 36 heavy (non-hydrogen) atoms. The number of carbonyl (C=O) groups excluding carboxylic acids is 2. The fraction of sp³-hybridized carbons (Fsp3) is 0.423. The quantitative estimate of drug-likeness (QED) is 0.235. The highest BCUT2D eigenvalue weighted by molar-refractivity contribution is 6.76. The maximum atomic E-state index is 14.9. The van der Waals surface area contributed by atoms with E-state index in [9.17, 15) is 14.0 Å². The van der Waals surface area contributed by atoms with Crippen molar-refractivity contribution in [2.45, 2.75) is 38.8 Å². The second-order valence-corrected chi connectivity index (χ2v) is 15.8. The molecule has 4 rings (SSSR count). The maximum Gasteiger partial charge on any atom is 0.309 e. The number of halogens is 1. The fourth-order valence-electron chi connectivity index (χ4n) is 4.12. The third kappa shape index (κ3) is 5.60. The molecule has 0 radical (unpaired) electrons. The number of rotatable bonds is 10. The van der Waals surface area contributed by atoms with E-state index in [2.05, 4.69) is 29.9 Å². The molecule has 1 fully saturated rings. The Morgan fingerprint density at radius 3 is 2.64 bits per heavy atom. The van der Waals surface area contributed by atoms with Crippen molar-refractivity contribution in [2.24, 2.45) is 11.8 Å². The number of amides is 1. The molecule has 2 heterocycles. The number of methoxy groups -OCH3 is 2. The summed E-state index contributed by atoms with van der Waals surface area (Å²) in [7, 11) is 1.55. The number of nitrogens with one attached hydrogen (secondary N) is 1. The molecule has 0 aliphatic heterocycles. The molecule has 2 atom stereocenters. The summed E-state index contributed by atoms with van der Waals surface area (Å²) in [6.45, 7) is 7.69. The third-order valence-electron chi connectivity index (χ3n) is 6.30. The SMILES string of the molecule is COC(=O)C1CC1C(=O)Nc1ccc2c(-c3c(F)cccc3OC)cn(COCC[Si](C)(C)C)c2n1. The van der Waals surface area contributed by atoms with Crippen molar-refractivity contribution in [2.75, 3.05) is 26.1 Å². The van der Waals surface area contributed by atoms with Crippen molar-refractivity contribution in [1.29, 1.82) is 0 Å². The Kier molecular flexibility index (Phi) is 7.46. The van der Waals surface area contributed by atoms with Crippen LogP contribution < -0.4 is 10.1 Å². The van der Waals surface area contributed by atoms with Gasteiger partial charge in [-0.3, -0.25) is 9.59 Å². The Labute approximate surface area is 210 Å². The summed E-state index contributed by atoms with van der Waals surface area (Å²) >= 11 is 0. The van der Waals surface area contributed by atoms with Gasteiger partial charge in [-0.05, 0) is 36.7 Å². The maximum absolute atomic E-state index is 14.9. The van der Waals surface area contributed by atoms with Gasteiger partial charge in [-0.15, -0.1) is 0 Å². The predicted molar refractivity (Wildman–Crippen MR) is 138 cm³/mol. The van der Waals surface area contributed by atoms with Crippen LogP contribution in [-0.4, -0.2) is 50.3 Å². The molecule has 8 nitrogen and oxygen atoms in total. The Morgan fingerprint density at radius 2 is 1.94 bits per heavy atom. The number of hydrogen-bond donors (Lipinski definition) is 1. The summed E-state index contributed by atoms with van der Waals surface area (Å²) in [5.41, 5.74) is 1.50. The van der Waals surface area contributed by atoms with Crippen LogP contribution >= 0.6 is 0 Å². The first kappa shape index (κ1) is 25.8. The van der Waals surface area contributed by atoms with Gasteiger partial charge in [0.2, 0.25) is 5.91 Å². The number of hydrogen-bond acceptors (Lipinski definition) is 6. The van der Waals surface area contributed by atoms with Gasteiger partial charge in [0, 0.05) is 31.8 Å². The Morgan fingerprint density at radius 1 is 1.17 bits per heavy atom. The molecule has 1 saturated carbocycles. The number of fused-ring (bicyclic) bond motifs is 1. The van der Waals surface area contributed by atoms with Crippen molar-refractivity contribution in [3.63, 3.8) is 0 Å². The number of aromatic nitrogens is 2. The van der Waals surface area contributed by atoms with Crippen LogP contribution in [-0.2, 0) is 25.8 Å². The highest BCUT2D eigenvalue weighted by Gasteiger charge is 2.49. The summed E-state index contributed by atoms with van der Waals surface area (Å²) in [6, 6.07) is 9.17. The summed E-state index contributed by atoms with van der Waals surface area (Å²) in [6.07, 6.45) is 2.26.